The van der Waals surface area contributed by atoms with Crippen LogP contribution < -0.4 is 5.32 Å². The lowest BCUT2D eigenvalue weighted by Gasteiger charge is -2.17. The molecule has 0 amide bonds. The van der Waals surface area contributed by atoms with Gasteiger partial charge in [-0.2, -0.15) is 0 Å². The molecule has 19 heavy (non-hydrogen) atoms. The first kappa shape index (κ1) is 14.0. The minimum absolute atomic E-state index is 0.0620. The summed E-state index contributed by atoms with van der Waals surface area (Å²) >= 11 is 0. The molecule has 1 fully saturated rings. The quantitative estimate of drug-likeness (QED) is 0.830. The van der Waals surface area contributed by atoms with Gasteiger partial charge in [0.05, 0.1) is 6.61 Å². The third-order valence-corrected chi connectivity index (χ3v) is 3.13. The first-order valence-electron chi connectivity index (χ1n) is 6.69. The minimum atomic E-state index is -0.482. The molecule has 0 aromatic heterocycles. The molecule has 1 aliphatic heterocycles. The van der Waals surface area contributed by atoms with E-state index < -0.39 is 5.79 Å². The van der Waals surface area contributed by atoms with Crippen molar-refractivity contribution in [2.45, 2.75) is 39.1 Å². The summed E-state index contributed by atoms with van der Waals surface area (Å²) in [5, 5.41) is 3.29. The van der Waals surface area contributed by atoms with Crippen LogP contribution in [0, 0.1) is 0 Å². The van der Waals surface area contributed by atoms with Crippen LogP contribution in [0.1, 0.15) is 37.6 Å². The van der Waals surface area contributed by atoms with E-state index in [9.17, 15) is 4.79 Å². The molecule has 0 saturated carbocycles. The Kier molecular flexibility index (Phi) is 4.22. The van der Waals surface area contributed by atoms with Crippen molar-refractivity contribution in [2.24, 2.45) is 0 Å². The van der Waals surface area contributed by atoms with Crippen molar-refractivity contribution in [3.63, 3.8) is 0 Å². The number of Topliss-reactive ketones (excluding diaryl/α,β-unsaturated/α-hetero) is 1. The topological polar surface area (TPSA) is 47.6 Å². The van der Waals surface area contributed by atoms with E-state index in [4.69, 9.17) is 9.47 Å². The van der Waals surface area contributed by atoms with Crippen LogP contribution >= 0.6 is 0 Å². The molecule has 0 bridgehead atoms. The molecule has 1 atom stereocenters. The average Bonchev–Trinajstić information content (AvgIpc) is 2.76. The fraction of sp³-hybridized carbons (Fsp3) is 0.533. The number of carbonyl (C=O) groups is 1. The molecule has 1 aromatic carbocycles. The minimum Gasteiger partial charge on any atom is -0.382 e. The van der Waals surface area contributed by atoms with Crippen LogP contribution in [0.25, 0.3) is 0 Å². The van der Waals surface area contributed by atoms with Gasteiger partial charge in [0.15, 0.2) is 11.6 Å². The number of nitrogens with one attached hydrogen (secondary N) is 1. The number of anilines is 1. The Balaban J connectivity index is 1.85. The van der Waals surface area contributed by atoms with Crippen LogP contribution in [0.3, 0.4) is 0 Å². The third kappa shape index (κ3) is 3.78. The predicted octanol–water partition coefficient (Wildman–Crippen LogP) is 2.84. The number of ether oxygens (including phenoxy) is 2. The summed E-state index contributed by atoms with van der Waals surface area (Å²) in [5.41, 5.74) is 1.75. The molecule has 104 valence electrons. The van der Waals surface area contributed by atoms with Crippen molar-refractivity contribution in [3.8, 4) is 0 Å². The Bertz CT molecular complexity index is 439. The van der Waals surface area contributed by atoms with Gasteiger partial charge in [0.25, 0.3) is 0 Å². The van der Waals surface area contributed by atoms with E-state index in [0.717, 1.165) is 11.3 Å². The molecule has 0 spiro atoms. The van der Waals surface area contributed by atoms with Gasteiger partial charge in [0.2, 0.25) is 0 Å². The largest absolute Gasteiger partial charge is 0.382 e. The summed E-state index contributed by atoms with van der Waals surface area (Å²) < 4.78 is 11.2. The molecule has 4 heteroatoms. The Labute approximate surface area is 114 Å². The SMILES string of the molecule is CCC(=O)c1ccc(NCC2COC(C)(C)O2)cc1. The number of benzene rings is 1. The van der Waals surface area contributed by atoms with Gasteiger partial charge < -0.3 is 14.8 Å². The van der Waals surface area contributed by atoms with Gasteiger partial charge in [-0.3, -0.25) is 4.79 Å². The van der Waals surface area contributed by atoms with Crippen molar-refractivity contribution in [2.75, 3.05) is 18.5 Å². The van der Waals surface area contributed by atoms with Crippen LogP contribution in [-0.2, 0) is 9.47 Å². The molecular formula is C15H21NO3. The van der Waals surface area contributed by atoms with E-state index in [2.05, 4.69) is 5.32 Å². The summed E-state index contributed by atoms with van der Waals surface area (Å²) in [6.45, 7) is 7.00. The molecular weight excluding hydrogens is 242 g/mol. The first-order valence-corrected chi connectivity index (χ1v) is 6.69. The lowest BCUT2D eigenvalue weighted by atomic mass is 10.1. The Hall–Kier alpha value is -1.39. The molecule has 4 nitrogen and oxygen atoms in total. The molecule has 0 aliphatic carbocycles. The van der Waals surface area contributed by atoms with Gasteiger partial charge in [0.1, 0.15) is 6.10 Å². The highest BCUT2D eigenvalue weighted by Gasteiger charge is 2.32. The summed E-state index contributed by atoms with van der Waals surface area (Å²) in [6, 6.07) is 7.54. The van der Waals surface area contributed by atoms with Crippen molar-refractivity contribution < 1.29 is 14.3 Å². The van der Waals surface area contributed by atoms with Crippen molar-refractivity contribution >= 4 is 11.5 Å². The standard InChI is InChI=1S/C15H21NO3/c1-4-14(17)11-5-7-12(8-6-11)16-9-13-10-18-15(2,3)19-13/h5-8,13,16H,4,9-10H2,1-3H3. The molecule has 1 saturated heterocycles. The number of carbonyl (C=O) groups excluding carboxylic acids is 1. The zero-order valence-corrected chi connectivity index (χ0v) is 11.7. The number of ketones is 1. The Morgan fingerprint density at radius 1 is 1.37 bits per heavy atom. The maximum Gasteiger partial charge on any atom is 0.163 e. The van der Waals surface area contributed by atoms with Crippen LogP contribution in [0.15, 0.2) is 24.3 Å². The summed E-state index contributed by atoms with van der Waals surface area (Å²) in [4.78, 5) is 11.5. The van der Waals surface area contributed by atoms with Crippen LogP contribution in [0.4, 0.5) is 5.69 Å². The van der Waals surface area contributed by atoms with Gasteiger partial charge in [-0.05, 0) is 38.1 Å². The lowest BCUT2D eigenvalue weighted by Crippen LogP contribution is -2.25. The predicted molar refractivity (Wildman–Crippen MR) is 74.5 cm³/mol. The van der Waals surface area contributed by atoms with Crippen LogP contribution in [0.2, 0.25) is 0 Å². The second-order valence-electron chi connectivity index (χ2n) is 5.19. The maximum atomic E-state index is 11.5. The number of hydrogen-bond donors (Lipinski definition) is 1. The monoisotopic (exact) mass is 263 g/mol. The smallest absolute Gasteiger partial charge is 0.163 e. The van der Waals surface area contributed by atoms with Crippen molar-refractivity contribution in [1.29, 1.82) is 0 Å². The van der Waals surface area contributed by atoms with E-state index in [-0.39, 0.29) is 11.9 Å². The fourth-order valence-electron chi connectivity index (χ4n) is 2.07. The third-order valence-electron chi connectivity index (χ3n) is 3.13. The fourth-order valence-corrected chi connectivity index (χ4v) is 2.07. The zero-order valence-electron chi connectivity index (χ0n) is 11.7. The molecule has 2 rings (SSSR count). The highest BCUT2D eigenvalue weighted by Crippen LogP contribution is 2.22. The zero-order chi connectivity index (χ0) is 13.9. The molecule has 1 aliphatic rings. The summed E-state index contributed by atoms with van der Waals surface area (Å²) in [7, 11) is 0. The molecule has 1 aromatic rings. The summed E-state index contributed by atoms with van der Waals surface area (Å²) in [5.74, 6) is -0.315. The van der Waals surface area contributed by atoms with Crippen LogP contribution in [0.5, 0.6) is 0 Å². The van der Waals surface area contributed by atoms with E-state index in [1.807, 2.05) is 45.0 Å². The second-order valence-corrected chi connectivity index (χ2v) is 5.19. The second kappa shape index (κ2) is 5.72. The number of hydrogen-bond acceptors (Lipinski definition) is 4. The molecule has 1 N–H and O–H groups in total. The molecule has 1 unspecified atom stereocenters. The van der Waals surface area contributed by atoms with Gasteiger partial charge in [-0.25, -0.2) is 0 Å². The maximum absolute atomic E-state index is 11.5. The van der Waals surface area contributed by atoms with Crippen molar-refractivity contribution in [3.05, 3.63) is 29.8 Å². The van der Waals surface area contributed by atoms with Gasteiger partial charge >= 0.3 is 0 Å². The van der Waals surface area contributed by atoms with E-state index in [1.54, 1.807) is 0 Å². The average molecular weight is 263 g/mol. The highest BCUT2D eigenvalue weighted by atomic mass is 16.7. The Morgan fingerprint density at radius 3 is 2.58 bits per heavy atom. The first-order chi connectivity index (χ1) is 9.00. The van der Waals surface area contributed by atoms with Crippen molar-refractivity contribution in [1.82, 2.24) is 0 Å². The lowest BCUT2D eigenvalue weighted by molar-refractivity contribution is -0.136. The molecule has 1 heterocycles. The number of rotatable bonds is 5. The van der Waals surface area contributed by atoms with E-state index in [1.165, 1.54) is 0 Å². The Morgan fingerprint density at radius 2 is 2.05 bits per heavy atom. The normalized spacial score (nSPS) is 21.3. The van der Waals surface area contributed by atoms with Gasteiger partial charge in [-0.1, -0.05) is 6.92 Å². The molecule has 0 radical (unpaired) electrons. The van der Waals surface area contributed by atoms with Crippen LogP contribution in [-0.4, -0.2) is 30.8 Å². The highest BCUT2D eigenvalue weighted by molar-refractivity contribution is 5.96. The van der Waals surface area contributed by atoms with Gasteiger partial charge in [-0.15, -0.1) is 0 Å². The van der Waals surface area contributed by atoms with E-state index in [0.29, 0.717) is 19.6 Å². The van der Waals surface area contributed by atoms with Gasteiger partial charge in [0, 0.05) is 24.2 Å². The van der Waals surface area contributed by atoms with E-state index >= 15 is 0 Å². The summed E-state index contributed by atoms with van der Waals surface area (Å²) in [6.07, 6.45) is 0.599.